The number of amides is 1. The number of carboxylic acid groups (broad SMARTS) is 1. The number of hydrogen-bond donors (Lipinski definition) is 1. The first-order valence-corrected chi connectivity index (χ1v) is 4.24. The molecule has 4 atom stereocenters. The van der Waals surface area contributed by atoms with Crippen LogP contribution in [0.3, 0.4) is 0 Å². The van der Waals surface area contributed by atoms with Crippen molar-refractivity contribution < 1.29 is 49.4 Å². The number of carbonyl (C=O) groups is 2. The third-order valence-corrected chi connectivity index (χ3v) is 3.00. The van der Waals surface area contributed by atoms with Crippen molar-refractivity contribution in [2.75, 3.05) is 0 Å². The van der Waals surface area contributed by atoms with Crippen LogP contribution in [0.25, 0.3) is 0 Å². The SMILES string of the molecule is CC1C(O)[C@@H]2CC(=O)N2C1C(=O)[O-].[Na+]. The number of rotatable bonds is 1. The predicted molar refractivity (Wildman–Crippen MR) is 39.2 cm³/mol. The van der Waals surface area contributed by atoms with Crippen molar-refractivity contribution in [1.29, 1.82) is 0 Å². The molecule has 2 aliphatic heterocycles. The van der Waals surface area contributed by atoms with E-state index in [2.05, 4.69) is 0 Å². The molecular formula is C8H10NNaO4. The topological polar surface area (TPSA) is 80.7 Å². The maximum absolute atomic E-state index is 11.0. The second-order valence-electron chi connectivity index (χ2n) is 3.69. The second kappa shape index (κ2) is 3.81. The Bertz CT molecular complexity index is 283. The molecule has 0 saturated carbocycles. The van der Waals surface area contributed by atoms with Crippen LogP contribution in [0, 0.1) is 5.92 Å². The molecule has 72 valence electrons. The van der Waals surface area contributed by atoms with E-state index in [4.69, 9.17) is 0 Å². The molecule has 2 saturated heterocycles. The molecule has 14 heavy (non-hydrogen) atoms. The quantitative estimate of drug-likeness (QED) is 0.344. The standard InChI is InChI=1S/C8H11NO4.Na/c1-3-6(8(12)13)9-4(7(3)11)2-5(9)10;/h3-4,6-7,11H,2H2,1H3,(H,12,13);/q;+1/p-1/t3?,4-,6?,7?;/m0./s1. The number of aliphatic hydroxyl groups is 1. The van der Waals surface area contributed by atoms with E-state index in [0.717, 1.165) is 0 Å². The summed E-state index contributed by atoms with van der Waals surface area (Å²) in [4.78, 5) is 22.9. The van der Waals surface area contributed by atoms with Gasteiger partial charge in [-0.2, -0.15) is 0 Å². The van der Waals surface area contributed by atoms with E-state index in [1.54, 1.807) is 6.92 Å². The van der Waals surface area contributed by atoms with Crippen molar-refractivity contribution in [2.24, 2.45) is 5.92 Å². The van der Waals surface area contributed by atoms with Gasteiger partial charge in [-0.25, -0.2) is 0 Å². The number of aliphatic hydroxyl groups excluding tert-OH is 1. The zero-order valence-corrected chi connectivity index (χ0v) is 10.1. The van der Waals surface area contributed by atoms with Gasteiger partial charge in [0, 0.05) is 12.3 Å². The summed E-state index contributed by atoms with van der Waals surface area (Å²) in [6.45, 7) is 1.62. The van der Waals surface area contributed by atoms with Gasteiger partial charge < -0.3 is 19.9 Å². The fourth-order valence-electron chi connectivity index (χ4n) is 2.22. The largest absolute Gasteiger partial charge is 1.00 e. The van der Waals surface area contributed by atoms with Gasteiger partial charge in [0.15, 0.2) is 0 Å². The first-order chi connectivity index (χ1) is 6.04. The molecule has 1 N–H and O–H groups in total. The average Bonchev–Trinajstić information content (AvgIpc) is 2.24. The minimum atomic E-state index is -1.28. The van der Waals surface area contributed by atoms with Gasteiger partial charge >= 0.3 is 29.6 Å². The number of carbonyl (C=O) groups excluding carboxylic acids is 2. The third kappa shape index (κ3) is 1.39. The minimum Gasteiger partial charge on any atom is -0.548 e. The van der Waals surface area contributed by atoms with Crippen molar-refractivity contribution in [3.8, 4) is 0 Å². The van der Waals surface area contributed by atoms with Gasteiger partial charge in [0.25, 0.3) is 0 Å². The molecule has 2 aliphatic rings. The van der Waals surface area contributed by atoms with E-state index >= 15 is 0 Å². The molecule has 5 nitrogen and oxygen atoms in total. The maximum Gasteiger partial charge on any atom is 1.00 e. The Morgan fingerprint density at radius 1 is 1.64 bits per heavy atom. The Hall–Kier alpha value is -0.100. The summed E-state index contributed by atoms with van der Waals surface area (Å²) in [5.41, 5.74) is 0. The molecule has 2 rings (SSSR count). The van der Waals surface area contributed by atoms with Crippen LogP contribution in [0.1, 0.15) is 13.3 Å². The summed E-state index contributed by atoms with van der Waals surface area (Å²) >= 11 is 0. The molecule has 0 bridgehead atoms. The molecule has 0 aromatic carbocycles. The monoisotopic (exact) mass is 207 g/mol. The Balaban J connectivity index is 0.000000980. The van der Waals surface area contributed by atoms with Crippen LogP contribution in [0.4, 0.5) is 0 Å². The smallest absolute Gasteiger partial charge is 0.548 e. The molecule has 6 heteroatoms. The van der Waals surface area contributed by atoms with Gasteiger partial charge in [-0.15, -0.1) is 0 Å². The van der Waals surface area contributed by atoms with Gasteiger partial charge in [-0.1, -0.05) is 6.92 Å². The van der Waals surface area contributed by atoms with Gasteiger partial charge in [-0.05, 0) is 0 Å². The Kier molecular flexibility index (Phi) is 3.26. The summed E-state index contributed by atoms with van der Waals surface area (Å²) in [6, 6.07) is -1.24. The maximum atomic E-state index is 11.0. The number of carboxylic acids is 1. The number of hydrogen-bond acceptors (Lipinski definition) is 4. The summed E-state index contributed by atoms with van der Waals surface area (Å²) < 4.78 is 0. The zero-order chi connectivity index (χ0) is 9.75. The van der Waals surface area contributed by atoms with Crippen molar-refractivity contribution in [2.45, 2.75) is 31.5 Å². The number of aliphatic carboxylic acids is 1. The van der Waals surface area contributed by atoms with E-state index in [1.165, 1.54) is 4.90 Å². The molecule has 0 radical (unpaired) electrons. The summed E-state index contributed by atoms with van der Waals surface area (Å²) in [7, 11) is 0. The van der Waals surface area contributed by atoms with Crippen LogP contribution in [0.5, 0.6) is 0 Å². The molecule has 2 fully saturated rings. The predicted octanol–water partition coefficient (Wildman–Crippen LogP) is -5.28. The van der Waals surface area contributed by atoms with E-state index in [9.17, 15) is 19.8 Å². The molecule has 3 unspecified atom stereocenters. The number of nitrogens with zero attached hydrogens (tertiary/aromatic N) is 1. The van der Waals surface area contributed by atoms with Gasteiger partial charge in [0.2, 0.25) is 5.91 Å². The molecule has 0 aliphatic carbocycles. The average molecular weight is 207 g/mol. The van der Waals surface area contributed by atoms with Crippen LogP contribution >= 0.6 is 0 Å². The van der Waals surface area contributed by atoms with Crippen molar-refractivity contribution in [1.82, 2.24) is 4.90 Å². The van der Waals surface area contributed by atoms with E-state index < -0.39 is 24.0 Å². The molecule has 0 aromatic rings. The molecule has 0 aromatic heterocycles. The Labute approximate surface area is 103 Å². The van der Waals surface area contributed by atoms with Crippen LogP contribution < -0.4 is 34.7 Å². The number of β-lactam (4-membered cyclic amide) rings is 1. The van der Waals surface area contributed by atoms with Crippen molar-refractivity contribution >= 4 is 11.9 Å². The first kappa shape index (κ1) is 12.0. The van der Waals surface area contributed by atoms with Crippen LogP contribution in [0.2, 0.25) is 0 Å². The third-order valence-electron chi connectivity index (χ3n) is 3.00. The van der Waals surface area contributed by atoms with Gasteiger partial charge in [0.1, 0.15) is 0 Å². The fourth-order valence-corrected chi connectivity index (χ4v) is 2.22. The molecule has 0 spiro atoms. The number of fused-ring (bicyclic) bond motifs is 1. The summed E-state index contributed by atoms with van der Waals surface area (Å²) in [6.07, 6.45) is -0.462. The fraction of sp³-hybridized carbons (Fsp3) is 0.750. The summed E-state index contributed by atoms with van der Waals surface area (Å²) in [5, 5.41) is 20.2. The van der Waals surface area contributed by atoms with Crippen molar-refractivity contribution in [3.63, 3.8) is 0 Å². The van der Waals surface area contributed by atoms with E-state index in [0.29, 0.717) is 0 Å². The Morgan fingerprint density at radius 2 is 2.21 bits per heavy atom. The van der Waals surface area contributed by atoms with Crippen molar-refractivity contribution in [3.05, 3.63) is 0 Å². The zero-order valence-electron chi connectivity index (χ0n) is 8.14. The Morgan fingerprint density at radius 3 is 2.57 bits per heavy atom. The first-order valence-electron chi connectivity index (χ1n) is 4.24. The molecule has 1 amide bonds. The van der Waals surface area contributed by atoms with Gasteiger partial charge in [-0.3, -0.25) is 4.79 Å². The minimum absolute atomic E-state index is 0. The molecular weight excluding hydrogens is 197 g/mol. The van der Waals surface area contributed by atoms with Gasteiger partial charge in [0.05, 0.1) is 24.2 Å². The normalized spacial score (nSPS) is 39.9. The molecule has 2 heterocycles. The van der Waals surface area contributed by atoms with E-state index in [-0.39, 0.29) is 47.9 Å². The van der Waals surface area contributed by atoms with Crippen LogP contribution in [-0.2, 0) is 9.59 Å². The van der Waals surface area contributed by atoms with Crippen LogP contribution in [0.15, 0.2) is 0 Å². The second-order valence-corrected chi connectivity index (χ2v) is 3.69. The van der Waals surface area contributed by atoms with E-state index in [1.807, 2.05) is 0 Å². The van der Waals surface area contributed by atoms with Crippen LogP contribution in [-0.4, -0.2) is 40.1 Å². The summed E-state index contributed by atoms with van der Waals surface area (Å²) in [5.74, 6) is -1.91.